The first-order valence-corrected chi connectivity index (χ1v) is 7.45. The molecule has 0 fully saturated rings. The maximum atomic E-state index is 12.1. The number of pyridine rings is 1. The Balaban J connectivity index is 1.80. The van der Waals surface area contributed by atoms with Crippen LogP contribution in [0.15, 0.2) is 51.9 Å². The van der Waals surface area contributed by atoms with Gasteiger partial charge in [-0.2, -0.15) is 0 Å². The van der Waals surface area contributed by atoms with E-state index in [-0.39, 0.29) is 18.1 Å². The van der Waals surface area contributed by atoms with Crippen molar-refractivity contribution in [2.45, 2.75) is 19.9 Å². The molecule has 0 atom stereocenters. The van der Waals surface area contributed by atoms with Crippen LogP contribution in [0.4, 0.5) is 0 Å². The number of benzene rings is 1. The van der Waals surface area contributed by atoms with Gasteiger partial charge in [-0.25, -0.2) is 4.79 Å². The van der Waals surface area contributed by atoms with Crippen LogP contribution in [-0.2, 0) is 17.8 Å². The van der Waals surface area contributed by atoms with E-state index in [1.165, 1.54) is 12.1 Å². The Hall–Kier alpha value is -3.15. The number of aromatic nitrogens is 1. The molecular formula is C18H16N2O4. The van der Waals surface area contributed by atoms with Gasteiger partial charge in [-0.15, -0.1) is 0 Å². The summed E-state index contributed by atoms with van der Waals surface area (Å²) in [6.07, 6.45) is 3.26. The van der Waals surface area contributed by atoms with Crippen molar-refractivity contribution < 1.29 is 14.3 Å². The predicted molar refractivity (Wildman–Crippen MR) is 88.7 cm³/mol. The number of hydrogen-bond donors (Lipinski definition) is 2. The number of rotatable bonds is 4. The minimum atomic E-state index is -0.567. The van der Waals surface area contributed by atoms with E-state index in [0.717, 1.165) is 5.56 Å². The van der Waals surface area contributed by atoms with Gasteiger partial charge in [0.1, 0.15) is 11.3 Å². The lowest BCUT2D eigenvalue weighted by Crippen LogP contribution is -2.27. The van der Waals surface area contributed by atoms with Gasteiger partial charge in [0.25, 0.3) is 0 Å². The fraction of sp³-hybridized carbons (Fsp3) is 0.167. The highest BCUT2D eigenvalue weighted by molar-refractivity contribution is 5.85. The zero-order valence-corrected chi connectivity index (χ0v) is 13.1. The molecule has 3 rings (SSSR count). The number of phenolic OH excluding ortho intramolecular Hbond substituents is 1. The summed E-state index contributed by atoms with van der Waals surface area (Å²) in [5.41, 5.74) is 1.61. The van der Waals surface area contributed by atoms with Crippen LogP contribution in [-0.4, -0.2) is 16.0 Å². The van der Waals surface area contributed by atoms with Crippen molar-refractivity contribution in [1.82, 2.24) is 10.3 Å². The van der Waals surface area contributed by atoms with Gasteiger partial charge in [-0.3, -0.25) is 9.78 Å². The number of aryl methyl sites for hydroxylation is 1. The second kappa shape index (κ2) is 6.54. The summed E-state index contributed by atoms with van der Waals surface area (Å²) in [5, 5.41) is 12.9. The summed E-state index contributed by atoms with van der Waals surface area (Å²) in [5.74, 6) is -0.251. The summed E-state index contributed by atoms with van der Waals surface area (Å²) >= 11 is 0. The van der Waals surface area contributed by atoms with E-state index >= 15 is 0 Å². The lowest BCUT2D eigenvalue weighted by atomic mass is 10.0. The van der Waals surface area contributed by atoms with Gasteiger partial charge in [0.2, 0.25) is 5.91 Å². The first-order valence-electron chi connectivity index (χ1n) is 7.45. The molecule has 122 valence electrons. The SMILES string of the molecule is Cc1c(CC(=O)NCc2cccnc2)c(=O)oc2cc(O)ccc12. The van der Waals surface area contributed by atoms with Gasteiger partial charge in [-0.05, 0) is 36.2 Å². The Morgan fingerprint density at radius 3 is 2.92 bits per heavy atom. The summed E-state index contributed by atoms with van der Waals surface area (Å²) < 4.78 is 5.21. The smallest absolute Gasteiger partial charge is 0.340 e. The number of fused-ring (bicyclic) bond motifs is 1. The molecule has 0 spiro atoms. The molecule has 0 aliphatic rings. The lowest BCUT2D eigenvalue weighted by molar-refractivity contribution is -0.120. The van der Waals surface area contributed by atoms with Gasteiger partial charge in [0.15, 0.2) is 0 Å². The van der Waals surface area contributed by atoms with Gasteiger partial charge in [-0.1, -0.05) is 6.07 Å². The third-order valence-corrected chi connectivity index (χ3v) is 3.82. The molecule has 2 aromatic heterocycles. The van der Waals surface area contributed by atoms with E-state index in [1.54, 1.807) is 31.5 Å². The molecule has 24 heavy (non-hydrogen) atoms. The number of amides is 1. The van der Waals surface area contributed by atoms with Gasteiger partial charge in [0.05, 0.1) is 12.0 Å². The van der Waals surface area contributed by atoms with Crippen LogP contribution >= 0.6 is 0 Å². The minimum absolute atomic E-state index is 0.0204. The summed E-state index contributed by atoms with van der Waals surface area (Å²) in [6, 6.07) is 8.21. The highest BCUT2D eigenvalue weighted by Gasteiger charge is 2.15. The Labute approximate surface area is 137 Å². The number of aromatic hydroxyl groups is 1. The maximum Gasteiger partial charge on any atom is 0.340 e. The van der Waals surface area contributed by atoms with Crippen molar-refractivity contribution in [2.75, 3.05) is 0 Å². The van der Waals surface area contributed by atoms with E-state index in [1.807, 2.05) is 6.07 Å². The molecule has 0 aliphatic heterocycles. The Morgan fingerprint density at radius 2 is 2.17 bits per heavy atom. The van der Waals surface area contributed by atoms with Crippen LogP contribution in [0, 0.1) is 6.92 Å². The van der Waals surface area contributed by atoms with E-state index in [2.05, 4.69) is 10.3 Å². The predicted octanol–water partition coefficient (Wildman–Crippen LogP) is 2.06. The second-order valence-corrected chi connectivity index (χ2v) is 5.49. The number of carbonyl (C=O) groups is 1. The van der Waals surface area contributed by atoms with E-state index in [0.29, 0.717) is 28.6 Å². The van der Waals surface area contributed by atoms with Crippen molar-refractivity contribution in [3.8, 4) is 5.75 Å². The fourth-order valence-electron chi connectivity index (χ4n) is 2.51. The van der Waals surface area contributed by atoms with Crippen LogP contribution in [0.1, 0.15) is 16.7 Å². The average molecular weight is 324 g/mol. The number of phenols is 1. The molecule has 0 radical (unpaired) electrons. The average Bonchev–Trinajstić information content (AvgIpc) is 2.57. The van der Waals surface area contributed by atoms with Crippen LogP contribution in [0.5, 0.6) is 5.75 Å². The van der Waals surface area contributed by atoms with E-state index in [4.69, 9.17) is 4.42 Å². The van der Waals surface area contributed by atoms with Crippen LogP contribution in [0.25, 0.3) is 11.0 Å². The third-order valence-electron chi connectivity index (χ3n) is 3.82. The highest BCUT2D eigenvalue weighted by Crippen LogP contribution is 2.23. The first-order chi connectivity index (χ1) is 11.5. The highest BCUT2D eigenvalue weighted by atomic mass is 16.4. The molecule has 6 heteroatoms. The van der Waals surface area contributed by atoms with E-state index in [9.17, 15) is 14.7 Å². The molecule has 0 saturated carbocycles. The summed E-state index contributed by atoms with van der Waals surface area (Å²) in [4.78, 5) is 28.2. The fourth-order valence-corrected chi connectivity index (χ4v) is 2.51. The van der Waals surface area contributed by atoms with Crippen molar-refractivity contribution in [3.05, 3.63) is 69.8 Å². The molecule has 2 heterocycles. The molecule has 6 nitrogen and oxygen atoms in total. The molecule has 1 amide bonds. The molecule has 1 aromatic carbocycles. The van der Waals surface area contributed by atoms with Crippen molar-refractivity contribution in [3.63, 3.8) is 0 Å². The monoisotopic (exact) mass is 324 g/mol. The first kappa shape index (κ1) is 15.7. The Bertz CT molecular complexity index is 948. The summed E-state index contributed by atoms with van der Waals surface area (Å²) in [6.45, 7) is 2.11. The molecular weight excluding hydrogens is 308 g/mol. The minimum Gasteiger partial charge on any atom is -0.508 e. The van der Waals surface area contributed by atoms with Crippen molar-refractivity contribution >= 4 is 16.9 Å². The molecule has 3 aromatic rings. The standard InChI is InChI=1S/C18H16N2O4/c1-11-14-5-4-13(21)7-16(14)24-18(23)15(11)8-17(22)20-10-12-3-2-6-19-9-12/h2-7,9,21H,8,10H2,1H3,(H,20,22). The summed E-state index contributed by atoms with van der Waals surface area (Å²) in [7, 11) is 0. The number of nitrogens with one attached hydrogen (secondary N) is 1. The number of nitrogens with zero attached hydrogens (tertiary/aromatic N) is 1. The van der Waals surface area contributed by atoms with E-state index < -0.39 is 5.63 Å². The second-order valence-electron chi connectivity index (χ2n) is 5.49. The maximum absolute atomic E-state index is 12.1. The lowest BCUT2D eigenvalue weighted by Gasteiger charge is -2.09. The topological polar surface area (TPSA) is 92.4 Å². The van der Waals surface area contributed by atoms with Crippen molar-refractivity contribution in [2.24, 2.45) is 0 Å². The largest absolute Gasteiger partial charge is 0.508 e. The molecule has 2 N–H and O–H groups in total. The van der Waals surface area contributed by atoms with Crippen LogP contribution in [0.3, 0.4) is 0 Å². The number of hydrogen-bond acceptors (Lipinski definition) is 5. The zero-order valence-electron chi connectivity index (χ0n) is 13.1. The molecule has 0 unspecified atom stereocenters. The Kier molecular flexibility index (Phi) is 4.29. The molecule has 0 bridgehead atoms. The van der Waals surface area contributed by atoms with Crippen LogP contribution in [0.2, 0.25) is 0 Å². The quantitative estimate of drug-likeness (QED) is 0.717. The Morgan fingerprint density at radius 1 is 1.33 bits per heavy atom. The van der Waals surface area contributed by atoms with Gasteiger partial charge >= 0.3 is 5.63 Å². The normalized spacial score (nSPS) is 10.7. The van der Waals surface area contributed by atoms with Crippen LogP contribution < -0.4 is 10.9 Å². The number of carbonyl (C=O) groups excluding carboxylic acids is 1. The van der Waals surface area contributed by atoms with Gasteiger partial charge < -0.3 is 14.8 Å². The van der Waals surface area contributed by atoms with Gasteiger partial charge in [0, 0.05) is 30.4 Å². The van der Waals surface area contributed by atoms with Crippen molar-refractivity contribution in [1.29, 1.82) is 0 Å². The molecule has 0 aliphatic carbocycles. The third kappa shape index (κ3) is 3.27. The molecule has 0 saturated heterocycles. The zero-order chi connectivity index (χ0) is 17.1.